The van der Waals surface area contributed by atoms with Crippen LogP contribution in [0.2, 0.25) is 0 Å². The summed E-state index contributed by atoms with van der Waals surface area (Å²) in [6, 6.07) is 7.29. The van der Waals surface area contributed by atoms with E-state index in [-0.39, 0.29) is 62.1 Å². The van der Waals surface area contributed by atoms with Crippen molar-refractivity contribution in [1.29, 1.82) is 0 Å². The maximum atomic E-state index is 13.6. The van der Waals surface area contributed by atoms with Crippen molar-refractivity contribution in [3.05, 3.63) is 114 Å². The van der Waals surface area contributed by atoms with Gasteiger partial charge in [-0.2, -0.15) is 0 Å². The number of phenolic OH excluding ortho intramolecular Hbond substituents is 4. The number of ketones is 6. The summed E-state index contributed by atoms with van der Waals surface area (Å²) < 4.78 is 22.5. The zero-order valence-electron chi connectivity index (χ0n) is 41.7. The molecule has 0 aromatic heterocycles. The van der Waals surface area contributed by atoms with Gasteiger partial charge in [0.25, 0.3) is 0 Å². The van der Waals surface area contributed by atoms with Crippen LogP contribution < -0.4 is 5.73 Å². The van der Waals surface area contributed by atoms with E-state index < -0.39 is 195 Å². The van der Waals surface area contributed by atoms with Gasteiger partial charge in [-0.15, -0.1) is 0 Å². The summed E-state index contributed by atoms with van der Waals surface area (Å²) in [5.41, 5.74) is -2.67. The van der Waals surface area contributed by atoms with Crippen molar-refractivity contribution in [3.8, 4) is 23.0 Å². The van der Waals surface area contributed by atoms with Crippen molar-refractivity contribution < 1.29 is 113 Å². The molecule has 2 fully saturated rings. The smallest absolute Gasteiger partial charge is 0.199 e. The third-order valence-corrected chi connectivity index (χ3v) is 16.9. The zero-order valence-corrected chi connectivity index (χ0v) is 43.9. The number of aliphatic hydroxyl groups excluding tert-OH is 5. The Morgan fingerprint density at radius 2 is 1.05 bits per heavy atom. The largest absolute Gasteiger partial charge is 0.507 e. The Hall–Kier alpha value is -6.31. The normalized spacial score (nSPS) is 30.5. The highest BCUT2D eigenvalue weighted by Crippen LogP contribution is 2.54. The van der Waals surface area contributed by atoms with Gasteiger partial charge in [0.15, 0.2) is 59.9 Å². The second-order valence-electron chi connectivity index (χ2n) is 20.3. The number of aldehydes is 2. The fourth-order valence-corrected chi connectivity index (χ4v) is 12.1. The van der Waals surface area contributed by atoms with E-state index in [1.807, 2.05) is 0 Å². The average molecular weight is 1210 g/mol. The molecule has 0 amide bonds. The summed E-state index contributed by atoms with van der Waals surface area (Å²) in [6.07, 6.45) is -11.8. The molecule has 25 heteroatoms. The number of hydrogen-bond donors (Lipinski definition) is 12. The standard InChI is InChI=1S/C27H25IO12.C27H27NO11/c1-9-20(32)25(37)19(28)26(39-9)40-13-6-27(38,14(31)8-30)5-12-16(13)24(36)18-17(22(12)34)21(33)11-4-2-3-10(7-29)15(11)23(18)35;1-10-22(32)14(28)5-17(38-10)39-15-7-27(37,16(31)9-30)6-13-19(15)26(36)21-20(24(13)34)23(33)12-4-2-3-11(8-29)18(12)25(21)35/h2-4,7,9,13,19-20,25-26,30,32,34,36-38H,5-6,8H2,1H3;2-4,8,10,14-15,17,22,30,32,34,36-37H,5-7,9,28H2,1H3/t9?,13-,19?,20?,25?,26?,27-;10?,14?,15-,17?,22?,27-/m11/s1. The van der Waals surface area contributed by atoms with Crippen LogP contribution in [0, 0.1) is 0 Å². The lowest BCUT2D eigenvalue weighted by molar-refractivity contribution is -0.259. The van der Waals surface area contributed by atoms with Crippen molar-refractivity contribution in [3.63, 3.8) is 0 Å². The molecule has 13 N–H and O–H groups in total. The average Bonchev–Trinajstić information content (AvgIpc) is 3.62. The predicted molar refractivity (Wildman–Crippen MR) is 272 cm³/mol. The maximum absolute atomic E-state index is 13.6. The Morgan fingerprint density at radius 3 is 1.47 bits per heavy atom. The van der Waals surface area contributed by atoms with Gasteiger partial charge in [0, 0.05) is 93.8 Å². The SMILES string of the molecule is CC1OC(O[C@@H]2C[C@@](O)(C(=O)CO)Cc3c(O)c4c(c(O)c32)C(=O)c2c(C=O)cccc2C4=O)C(I)C(O)C1O.CC1OC(O[C@@H]2C[C@@](O)(C(=O)CO)Cc3c(O)c4c(c(O)c32)C(=O)c2c(C=O)cccc2C4=O)CC(N)C1O. The summed E-state index contributed by atoms with van der Waals surface area (Å²) in [5, 5.41) is 118. The van der Waals surface area contributed by atoms with E-state index in [0.29, 0.717) is 12.6 Å². The summed E-state index contributed by atoms with van der Waals surface area (Å²) in [7, 11) is 0. The van der Waals surface area contributed by atoms with Crippen molar-refractivity contribution in [2.45, 2.75) is 122 Å². The van der Waals surface area contributed by atoms with Crippen molar-refractivity contribution in [2.75, 3.05) is 13.2 Å². The molecule has 2 aliphatic heterocycles. The molecule has 13 atom stereocenters. The van der Waals surface area contributed by atoms with E-state index in [9.17, 15) is 94.5 Å². The zero-order chi connectivity index (χ0) is 57.6. The van der Waals surface area contributed by atoms with Gasteiger partial charge in [0.05, 0.1) is 62.8 Å². The Bertz CT molecular complexity index is 3290. The molecule has 4 aliphatic carbocycles. The summed E-state index contributed by atoms with van der Waals surface area (Å²) in [4.78, 5) is 103. The molecule has 4 aromatic carbocycles. The van der Waals surface area contributed by atoms with Crippen LogP contribution in [0.25, 0.3) is 0 Å². The number of aliphatic hydroxyl groups is 7. The van der Waals surface area contributed by atoms with Crippen LogP contribution in [0.1, 0.15) is 152 Å². The van der Waals surface area contributed by atoms with Gasteiger partial charge in [-0.25, -0.2) is 0 Å². The highest BCUT2D eigenvalue weighted by Gasteiger charge is 2.53. The fourth-order valence-electron chi connectivity index (χ4n) is 11.4. The monoisotopic (exact) mass is 1210 g/mol. The summed E-state index contributed by atoms with van der Waals surface area (Å²) in [5.74, 6) is -8.51. The van der Waals surface area contributed by atoms with Crippen LogP contribution >= 0.6 is 22.6 Å². The molecule has 9 unspecified atom stereocenters. The van der Waals surface area contributed by atoms with E-state index in [1.54, 1.807) is 29.5 Å². The Morgan fingerprint density at radius 1 is 0.633 bits per heavy atom. The topological polar surface area (TPSA) is 422 Å². The highest BCUT2D eigenvalue weighted by atomic mass is 127. The molecule has 6 aliphatic rings. The van der Waals surface area contributed by atoms with E-state index in [2.05, 4.69) is 0 Å². The number of nitrogens with two attached hydrogens (primary N) is 1. The Kier molecular flexibility index (Phi) is 15.5. The number of ether oxygens (including phenoxy) is 4. The summed E-state index contributed by atoms with van der Waals surface area (Å²) >= 11 is 1.79. The predicted octanol–water partition coefficient (Wildman–Crippen LogP) is 0.0575. The molecule has 10 rings (SSSR count). The molecule has 0 spiro atoms. The van der Waals surface area contributed by atoms with E-state index in [0.717, 1.165) is 0 Å². The number of phenols is 4. The molecule has 0 bridgehead atoms. The number of benzene rings is 4. The first kappa shape index (κ1) is 57.4. The van der Waals surface area contributed by atoms with Gasteiger partial charge in [-0.3, -0.25) is 38.4 Å². The number of carbonyl (C=O) groups excluding carboxylic acids is 8. The lowest BCUT2D eigenvalue weighted by Gasteiger charge is -2.43. The third kappa shape index (κ3) is 9.28. The second kappa shape index (κ2) is 21.3. The Balaban J connectivity index is 0.000000192. The highest BCUT2D eigenvalue weighted by molar-refractivity contribution is 14.1. The summed E-state index contributed by atoms with van der Waals surface area (Å²) in [6.45, 7) is 0.946. The molecule has 2 heterocycles. The number of alkyl halides is 1. The van der Waals surface area contributed by atoms with Gasteiger partial charge in [0.2, 0.25) is 0 Å². The quantitative estimate of drug-likeness (QED) is 0.0373. The molecule has 24 nitrogen and oxygen atoms in total. The van der Waals surface area contributed by atoms with Crippen LogP contribution in [-0.4, -0.2) is 181 Å². The number of hydrogen-bond acceptors (Lipinski definition) is 24. The molecular formula is C54H52INO23. The van der Waals surface area contributed by atoms with Gasteiger partial charge in [0.1, 0.15) is 53.5 Å². The van der Waals surface area contributed by atoms with E-state index in [1.165, 1.54) is 43.3 Å². The molecule has 418 valence electrons. The molecule has 79 heavy (non-hydrogen) atoms. The maximum Gasteiger partial charge on any atom is 0.199 e. The van der Waals surface area contributed by atoms with Crippen molar-refractivity contribution in [1.82, 2.24) is 0 Å². The van der Waals surface area contributed by atoms with Crippen LogP contribution in [-0.2, 0) is 41.4 Å². The van der Waals surface area contributed by atoms with Gasteiger partial charge >= 0.3 is 0 Å². The first-order chi connectivity index (χ1) is 37.3. The molecule has 4 aromatic rings. The number of carbonyl (C=O) groups is 8. The van der Waals surface area contributed by atoms with Crippen LogP contribution in [0.3, 0.4) is 0 Å². The minimum Gasteiger partial charge on any atom is -0.507 e. The number of halogens is 1. The molecule has 2 saturated heterocycles. The number of fused-ring (bicyclic) bond motifs is 6. The van der Waals surface area contributed by atoms with Gasteiger partial charge < -0.3 is 80.9 Å². The minimum atomic E-state index is -2.31. The third-order valence-electron chi connectivity index (χ3n) is 15.6. The number of Topliss-reactive ketones (excluding diaryl/α,β-unsaturated/α-hetero) is 2. The van der Waals surface area contributed by atoms with Crippen LogP contribution in [0.5, 0.6) is 23.0 Å². The van der Waals surface area contributed by atoms with Crippen LogP contribution in [0.15, 0.2) is 36.4 Å². The molecule has 0 radical (unpaired) electrons. The number of aromatic hydroxyl groups is 4. The first-order valence-electron chi connectivity index (χ1n) is 24.6. The molecule has 0 saturated carbocycles. The molecular weight excluding hydrogens is 1160 g/mol. The van der Waals surface area contributed by atoms with Crippen molar-refractivity contribution in [2.24, 2.45) is 5.73 Å². The second-order valence-corrected chi connectivity index (χ2v) is 21.7. The Labute approximate surface area is 460 Å². The first-order valence-corrected chi connectivity index (χ1v) is 25.9. The lowest BCUT2D eigenvalue weighted by Crippen LogP contribution is -2.55. The van der Waals surface area contributed by atoms with Gasteiger partial charge in [-0.05, 0) is 13.8 Å². The van der Waals surface area contributed by atoms with E-state index >= 15 is 0 Å². The van der Waals surface area contributed by atoms with Crippen LogP contribution in [0.4, 0.5) is 0 Å². The fraction of sp³-hybridized carbons (Fsp3) is 0.407. The minimum absolute atomic E-state index is 0.00507. The van der Waals surface area contributed by atoms with Crippen molar-refractivity contribution >= 4 is 69.9 Å². The lowest BCUT2D eigenvalue weighted by atomic mass is 9.71. The number of rotatable bonds is 10. The van der Waals surface area contributed by atoms with E-state index in [4.69, 9.17) is 24.7 Å². The van der Waals surface area contributed by atoms with Gasteiger partial charge in [-0.1, -0.05) is 59.0 Å².